The Morgan fingerprint density at radius 1 is 1.42 bits per heavy atom. The molecule has 1 heterocycles. The Kier molecular flexibility index (Phi) is 5.87. The van der Waals surface area contributed by atoms with E-state index in [0.717, 1.165) is 5.01 Å². The maximum absolute atomic E-state index is 12.2. The monoisotopic (exact) mass is 344 g/mol. The van der Waals surface area contributed by atoms with Gasteiger partial charge in [0.15, 0.2) is 11.5 Å². The number of anilines is 1. The first kappa shape index (κ1) is 17.4. The van der Waals surface area contributed by atoms with Gasteiger partial charge < -0.3 is 9.47 Å². The third kappa shape index (κ3) is 4.30. The number of hydrogen-bond acceptors (Lipinski definition) is 7. The van der Waals surface area contributed by atoms with E-state index in [1.54, 1.807) is 25.1 Å². The third-order valence-corrected chi connectivity index (χ3v) is 3.66. The van der Waals surface area contributed by atoms with Crippen LogP contribution in [-0.2, 0) is 4.79 Å². The maximum atomic E-state index is 12.2. The van der Waals surface area contributed by atoms with E-state index in [1.807, 2.05) is 13.0 Å². The molecular weight excluding hydrogens is 328 g/mol. The highest BCUT2D eigenvalue weighted by molar-refractivity contribution is 7.15. The van der Waals surface area contributed by atoms with Crippen molar-refractivity contribution < 1.29 is 14.3 Å². The normalized spacial score (nSPS) is 10.8. The molecule has 0 fully saturated rings. The van der Waals surface area contributed by atoms with Gasteiger partial charge >= 0.3 is 0 Å². The van der Waals surface area contributed by atoms with Crippen LogP contribution in [0.3, 0.4) is 0 Å². The number of carbonyl (C=O) groups excluding carboxylic acids is 1. The Bertz CT molecular complexity index is 808. The van der Waals surface area contributed by atoms with Crippen LogP contribution >= 0.6 is 11.3 Å². The lowest BCUT2D eigenvalue weighted by Crippen LogP contribution is -2.13. The van der Waals surface area contributed by atoms with Gasteiger partial charge in [-0.2, -0.15) is 5.26 Å². The minimum Gasteiger partial charge on any atom is -0.493 e. The van der Waals surface area contributed by atoms with Gasteiger partial charge in [-0.25, -0.2) is 0 Å². The standard InChI is InChI=1S/C16H16N4O3S/c1-4-23-13-6-5-11(8-14(13)22-3)7-12(9-17)15(21)18-16-20-19-10(2)24-16/h5-8H,4H2,1-3H3,(H,18,20,21)/b12-7-. The van der Waals surface area contributed by atoms with Crippen molar-refractivity contribution in [2.45, 2.75) is 13.8 Å². The van der Waals surface area contributed by atoms with Gasteiger partial charge in [-0.1, -0.05) is 17.4 Å². The summed E-state index contributed by atoms with van der Waals surface area (Å²) in [5, 5.41) is 20.5. The molecule has 2 rings (SSSR count). The average molecular weight is 344 g/mol. The first-order chi connectivity index (χ1) is 11.6. The number of hydrogen-bond donors (Lipinski definition) is 1. The van der Waals surface area contributed by atoms with Crippen LogP contribution in [0.2, 0.25) is 0 Å². The molecule has 0 aliphatic rings. The summed E-state index contributed by atoms with van der Waals surface area (Å²) >= 11 is 1.24. The van der Waals surface area contributed by atoms with Crippen LogP contribution in [0.15, 0.2) is 23.8 Å². The van der Waals surface area contributed by atoms with Crippen molar-refractivity contribution in [3.05, 3.63) is 34.3 Å². The second-order valence-electron chi connectivity index (χ2n) is 4.59. The number of ether oxygens (including phenoxy) is 2. The quantitative estimate of drug-likeness (QED) is 0.639. The van der Waals surface area contributed by atoms with Crippen LogP contribution in [0, 0.1) is 18.3 Å². The molecule has 7 nitrogen and oxygen atoms in total. The number of aryl methyl sites for hydroxylation is 1. The number of rotatable bonds is 6. The Balaban J connectivity index is 2.23. The Morgan fingerprint density at radius 3 is 2.79 bits per heavy atom. The lowest BCUT2D eigenvalue weighted by atomic mass is 10.1. The number of nitriles is 1. The number of nitrogens with one attached hydrogen (secondary N) is 1. The average Bonchev–Trinajstić information content (AvgIpc) is 2.98. The highest BCUT2D eigenvalue weighted by Gasteiger charge is 2.13. The minimum atomic E-state index is -0.540. The second-order valence-corrected chi connectivity index (χ2v) is 5.78. The maximum Gasteiger partial charge on any atom is 0.268 e. The first-order valence-corrected chi connectivity index (χ1v) is 7.93. The number of carbonyl (C=O) groups is 1. The van der Waals surface area contributed by atoms with Gasteiger partial charge in [0.2, 0.25) is 5.13 Å². The Labute approximate surface area is 143 Å². The largest absolute Gasteiger partial charge is 0.493 e. The minimum absolute atomic E-state index is 0.0472. The van der Waals surface area contributed by atoms with Gasteiger partial charge in [-0.05, 0) is 37.6 Å². The summed E-state index contributed by atoms with van der Waals surface area (Å²) in [5.74, 6) is 0.592. The number of nitrogens with zero attached hydrogens (tertiary/aromatic N) is 3. The van der Waals surface area contributed by atoms with Gasteiger partial charge in [0.1, 0.15) is 16.6 Å². The first-order valence-electron chi connectivity index (χ1n) is 7.11. The summed E-state index contributed by atoms with van der Waals surface area (Å²) in [4.78, 5) is 12.2. The highest BCUT2D eigenvalue weighted by Crippen LogP contribution is 2.29. The topological polar surface area (TPSA) is 97.1 Å². The zero-order chi connectivity index (χ0) is 17.5. The van der Waals surface area contributed by atoms with Gasteiger partial charge in [0.05, 0.1) is 13.7 Å². The molecule has 2 aromatic rings. The molecule has 24 heavy (non-hydrogen) atoms. The fraction of sp³-hybridized carbons (Fsp3) is 0.250. The molecule has 8 heteroatoms. The van der Waals surface area contributed by atoms with E-state index in [0.29, 0.717) is 28.8 Å². The molecule has 1 amide bonds. The fourth-order valence-electron chi connectivity index (χ4n) is 1.88. The van der Waals surface area contributed by atoms with E-state index in [4.69, 9.17) is 9.47 Å². The van der Waals surface area contributed by atoms with E-state index >= 15 is 0 Å². The predicted molar refractivity (Wildman–Crippen MR) is 91.0 cm³/mol. The summed E-state index contributed by atoms with van der Waals surface area (Å²) in [6, 6.07) is 7.06. The summed E-state index contributed by atoms with van der Waals surface area (Å²) in [6.45, 7) is 4.17. The number of amides is 1. The van der Waals surface area contributed by atoms with E-state index in [9.17, 15) is 10.1 Å². The Hall–Kier alpha value is -2.92. The van der Waals surface area contributed by atoms with E-state index in [1.165, 1.54) is 24.5 Å². The van der Waals surface area contributed by atoms with Crippen LogP contribution in [-0.4, -0.2) is 29.8 Å². The molecule has 1 N–H and O–H groups in total. The molecular formula is C16H16N4O3S. The van der Waals surface area contributed by atoms with Crippen molar-refractivity contribution in [2.24, 2.45) is 0 Å². The summed E-state index contributed by atoms with van der Waals surface area (Å²) in [5.41, 5.74) is 0.601. The van der Waals surface area contributed by atoms with Crippen molar-refractivity contribution in [3.63, 3.8) is 0 Å². The van der Waals surface area contributed by atoms with Gasteiger partial charge in [-0.3, -0.25) is 10.1 Å². The lowest BCUT2D eigenvalue weighted by molar-refractivity contribution is -0.112. The predicted octanol–water partition coefficient (Wildman–Crippen LogP) is 2.80. The lowest BCUT2D eigenvalue weighted by Gasteiger charge is -2.09. The zero-order valence-corrected chi connectivity index (χ0v) is 14.3. The molecule has 0 spiro atoms. The van der Waals surface area contributed by atoms with Crippen molar-refractivity contribution in [1.29, 1.82) is 5.26 Å². The molecule has 1 aromatic carbocycles. The van der Waals surface area contributed by atoms with Crippen LogP contribution in [0.1, 0.15) is 17.5 Å². The van der Waals surface area contributed by atoms with Crippen molar-refractivity contribution in [2.75, 3.05) is 19.0 Å². The summed E-state index contributed by atoms with van der Waals surface area (Å²) in [7, 11) is 1.53. The number of methoxy groups -OCH3 is 1. The molecule has 0 saturated heterocycles. The van der Waals surface area contributed by atoms with Crippen molar-refractivity contribution in [3.8, 4) is 17.6 Å². The molecule has 1 aromatic heterocycles. The van der Waals surface area contributed by atoms with Crippen LogP contribution in [0.25, 0.3) is 6.08 Å². The number of benzene rings is 1. The second kappa shape index (κ2) is 8.08. The van der Waals surface area contributed by atoms with Gasteiger partial charge in [0, 0.05) is 0 Å². The van der Waals surface area contributed by atoms with E-state index in [2.05, 4.69) is 15.5 Å². The molecule has 0 aliphatic heterocycles. The molecule has 0 radical (unpaired) electrons. The Morgan fingerprint density at radius 2 is 2.21 bits per heavy atom. The van der Waals surface area contributed by atoms with Crippen LogP contribution in [0.5, 0.6) is 11.5 Å². The zero-order valence-electron chi connectivity index (χ0n) is 13.5. The third-order valence-electron chi connectivity index (χ3n) is 2.91. The summed E-state index contributed by atoms with van der Waals surface area (Å²) in [6.07, 6.45) is 1.47. The molecule has 0 saturated carbocycles. The van der Waals surface area contributed by atoms with E-state index in [-0.39, 0.29) is 5.57 Å². The molecule has 0 aliphatic carbocycles. The summed E-state index contributed by atoms with van der Waals surface area (Å²) < 4.78 is 10.7. The molecule has 0 atom stereocenters. The van der Waals surface area contributed by atoms with Crippen molar-refractivity contribution in [1.82, 2.24) is 10.2 Å². The molecule has 124 valence electrons. The van der Waals surface area contributed by atoms with Crippen molar-refractivity contribution >= 4 is 28.5 Å². The SMILES string of the molecule is CCOc1ccc(/C=C(/C#N)C(=O)Nc2nnc(C)s2)cc1OC. The number of aromatic nitrogens is 2. The van der Waals surface area contributed by atoms with Gasteiger partial charge in [0.25, 0.3) is 5.91 Å². The smallest absolute Gasteiger partial charge is 0.268 e. The van der Waals surface area contributed by atoms with Crippen LogP contribution in [0.4, 0.5) is 5.13 Å². The van der Waals surface area contributed by atoms with Gasteiger partial charge in [-0.15, -0.1) is 10.2 Å². The van der Waals surface area contributed by atoms with E-state index < -0.39 is 5.91 Å². The molecule has 0 bridgehead atoms. The van der Waals surface area contributed by atoms with Crippen LogP contribution < -0.4 is 14.8 Å². The molecule has 0 unspecified atom stereocenters. The highest BCUT2D eigenvalue weighted by atomic mass is 32.1. The fourth-order valence-corrected chi connectivity index (χ4v) is 2.46.